The molecule has 0 saturated carbocycles. The zero-order valence-electron chi connectivity index (χ0n) is 13.1. The molecule has 1 amide bonds. The van der Waals surface area contributed by atoms with E-state index in [-0.39, 0.29) is 12.3 Å². The molecule has 2 rings (SSSR count). The van der Waals surface area contributed by atoms with Crippen LogP contribution in [0.25, 0.3) is 0 Å². The Morgan fingerprint density at radius 1 is 1.50 bits per heavy atom. The zero-order chi connectivity index (χ0) is 16.1. The molecule has 6 nitrogen and oxygen atoms in total. The molecular formula is C15H23N3O3S. The van der Waals surface area contributed by atoms with Crippen molar-refractivity contribution >= 4 is 28.3 Å². The summed E-state index contributed by atoms with van der Waals surface area (Å²) in [6.45, 7) is 6.79. The van der Waals surface area contributed by atoms with Crippen molar-refractivity contribution in [1.29, 1.82) is 0 Å². The third-order valence-corrected chi connectivity index (χ3v) is 4.77. The molecular weight excluding hydrogens is 302 g/mol. The van der Waals surface area contributed by atoms with E-state index >= 15 is 0 Å². The Kier molecular flexibility index (Phi) is 5.90. The van der Waals surface area contributed by atoms with Crippen LogP contribution in [0.15, 0.2) is 0 Å². The number of hydrogen-bond donors (Lipinski definition) is 2. The second kappa shape index (κ2) is 7.69. The van der Waals surface area contributed by atoms with E-state index in [1.54, 1.807) is 6.92 Å². The number of aliphatic carboxylic acids is 1. The summed E-state index contributed by atoms with van der Waals surface area (Å²) in [7, 11) is 0. The van der Waals surface area contributed by atoms with Crippen molar-refractivity contribution in [1.82, 2.24) is 9.88 Å². The summed E-state index contributed by atoms with van der Waals surface area (Å²) >= 11 is 1.39. The van der Waals surface area contributed by atoms with Gasteiger partial charge in [0, 0.05) is 24.4 Å². The summed E-state index contributed by atoms with van der Waals surface area (Å²) in [6.07, 6.45) is 2.71. The molecule has 0 radical (unpaired) electrons. The van der Waals surface area contributed by atoms with Crippen LogP contribution in [0.4, 0.5) is 5.13 Å². The molecule has 1 aliphatic heterocycles. The normalized spacial score (nSPS) is 19.1. The summed E-state index contributed by atoms with van der Waals surface area (Å²) in [6, 6.07) is 0. The first kappa shape index (κ1) is 16.9. The van der Waals surface area contributed by atoms with Crippen molar-refractivity contribution in [3.8, 4) is 0 Å². The predicted octanol–water partition coefficient (Wildman–Crippen LogP) is 2.35. The minimum atomic E-state index is -0.896. The number of thiazole rings is 1. The van der Waals surface area contributed by atoms with Gasteiger partial charge in [0.15, 0.2) is 5.13 Å². The Morgan fingerprint density at radius 3 is 2.91 bits per heavy atom. The highest BCUT2D eigenvalue weighted by Crippen LogP contribution is 2.27. The molecule has 1 fully saturated rings. The van der Waals surface area contributed by atoms with Crippen LogP contribution in [-0.4, -0.2) is 40.0 Å². The number of carbonyl (C=O) groups excluding carboxylic acids is 1. The quantitative estimate of drug-likeness (QED) is 0.839. The monoisotopic (exact) mass is 325 g/mol. The minimum absolute atomic E-state index is 0.1000. The first-order valence-electron chi connectivity index (χ1n) is 7.70. The molecule has 1 unspecified atom stereocenters. The van der Waals surface area contributed by atoms with E-state index in [1.165, 1.54) is 24.2 Å². The number of amides is 1. The van der Waals surface area contributed by atoms with Gasteiger partial charge in [0.1, 0.15) is 0 Å². The van der Waals surface area contributed by atoms with Crippen molar-refractivity contribution in [2.45, 2.75) is 46.1 Å². The molecule has 0 aliphatic carbocycles. The van der Waals surface area contributed by atoms with Gasteiger partial charge in [0.25, 0.3) is 0 Å². The van der Waals surface area contributed by atoms with Gasteiger partial charge in [-0.15, -0.1) is 11.3 Å². The number of nitrogens with zero attached hydrogens (tertiary/aromatic N) is 2. The SMILES string of the molecule is CCC(=O)Nc1nc(CC(=O)O)c(CN2CCCC(C)C2)s1. The molecule has 22 heavy (non-hydrogen) atoms. The predicted molar refractivity (Wildman–Crippen MR) is 86.0 cm³/mol. The highest BCUT2D eigenvalue weighted by Gasteiger charge is 2.21. The van der Waals surface area contributed by atoms with Crippen LogP contribution >= 0.6 is 11.3 Å². The zero-order valence-corrected chi connectivity index (χ0v) is 13.9. The van der Waals surface area contributed by atoms with Gasteiger partial charge in [0.05, 0.1) is 12.1 Å². The van der Waals surface area contributed by atoms with E-state index in [0.29, 0.717) is 29.7 Å². The number of likely N-dealkylation sites (tertiary alicyclic amines) is 1. The van der Waals surface area contributed by atoms with Crippen LogP contribution in [0.5, 0.6) is 0 Å². The van der Waals surface area contributed by atoms with Crippen LogP contribution < -0.4 is 5.32 Å². The molecule has 0 bridgehead atoms. The van der Waals surface area contributed by atoms with E-state index in [0.717, 1.165) is 18.0 Å². The maximum Gasteiger partial charge on any atom is 0.309 e. The number of aromatic nitrogens is 1. The standard InChI is InChI=1S/C15H23N3O3S/c1-3-13(19)17-15-16-11(7-14(20)21)12(22-15)9-18-6-4-5-10(2)8-18/h10H,3-9H2,1-2H3,(H,20,21)(H,16,17,19). The third-order valence-electron chi connectivity index (χ3n) is 3.77. The van der Waals surface area contributed by atoms with E-state index in [4.69, 9.17) is 5.11 Å². The maximum absolute atomic E-state index is 11.5. The molecule has 1 aromatic rings. The molecule has 1 aromatic heterocycles. The topological polar surface area (TPSA) is 82.5 Å². The number of carboxylic acids is 1. The summed E-state index contributed by atoms with van der Waals surface area (Å²) in [4.78, 5) is 30.1. The highest BCUT2D eigenvalue weighted by molar-refractivity contribution is 7.15. The van der Waals surface area contributed by atoms with Gasteiger partial charge in [0.2, 0.25) is 5.91 Å². The Hall–Kier alpha value is -1.47. The van der Waals surface area contributed by atoms with Gasteiger partial charge >= 0.3 is 5.97 Å². The molecule has 1 atom stereocenters. The minimum Gasteiger partial charge on any atom is -0.481 e. The Balaban J connectivity index is 2.12. The van der Waals surface area contributed by atoms with E-state index in [1.807, 2.05) is 0 Å². The van der Waals surface area contributed by atoms with Gasteiger partial charge < -0.3 is 10.4 Å². The van der Waals surface area contributed by atoms with Crippen LogP contribution in [0.1, 0.15) is 43.7 Å². The third kappa shape index (κ3) is 4.78. The number of anilines is 1. The first-order chi connectivity index (χ1) is 10.5. The van der Waals surface area contributed by atoms with Crippen molar-refractivity contribution in [3.05, 3.63) is 10.6 Å². The maximum atomic E-state index is 11.5. The Morgan fingerprint density at radius 2 is 2.27 bits per heavy atom. The fraction of sp³-hybridized carbons (Fsp3) is 0.667. The van der Waals surface area contributed by atoms with Gasteiger partial charge in [-0.3, -0.25) is 14.5 Å². The molecule has 2 N–H and O–H groups in total. The second-order valence-electron chi connectivity index (χ2n) is 5.84. The number of nitrogens with one attached hydrogen (secondary N) is 1. The molecule has 1 aliphatic rings. The summed E-state index contributed by atoms with van der Waals surface area (Å²) in [5, 5.41) is 12.3. The Bertz CT molecular complexity index is 544. The van der Waals surface area contributed by atoms with Crippen LogP contribution in [-0.2, 0) is 22.6 Å². The number of carbonyl (C=O) groups is 2. The first-order valence-corrected chi connectivity index (χ1v) is 8.52. The lowest BCUT2D eigenvalue weighted by Gasteiger charge is -2.30. The molecule has 1 saturated heterocycles. The van der Waals surface area contributed by atoms with Gasteiger partial charge in [-0.1, -0.05) is 13.8 Å². The number of hydrogen-bond acceptors (Lipinski definition) is 5. The van der Waals surface area contributed by atoms with Crippen LogP contribution in [0, 0.1) is 5.92 Å². The average Bonchev–Trinajstić information content (AvgIpc) is 2.79. The van der Waals surface area contributed by atoms with Crippen molar-refractivity contribution < 1.29 is 14.7 Å². The van der Waals surface area contributed by atoms with E-state index in [2.05, 4.69) is 22.1 Å². The fourth-order valence-corrected chi connectivity index (χ4v) is 3.72. The van der Waals surface area contributed by atoms with E-state index < -0.39 is 5.97 Å². The van der Waals surface area contributed by atoms with Crippen molar-refractivity contribution in [2.24, 2.45) is 5.92 Å². The lowest BCUT2D eigenvalue weighted by atomic mass is 10.0. The molecule has 7 heteroatoms. The fourth-order valence-electron chi connectivity index (χ4n) is 2.68. The van der Waals surface area contributed by atoms with Crippen molar-refractivity contribution in [2.75, 3.05) is 18.4 Å². The Labute approximate surface area is 134 Å². The number of piperidine rings is 1. The summed E-state index contributed by atoms with van der Waals surface area (Å²) in [5.74, 6) is -0.329. The largest absolute Gasteiger partial charge is 0.481 e. The second-order valence-corrected chi connectivity index (χ2v) is 6.93. The average molecular weight is 325 g/mol. The molecule has 2 heterocycles. The van der Waals surface area contributed by atoms with E-state index in [9.17, 15) is 9.59 Å². The van der Waals surface area contributed by atoms with Crippen LogP contribution in [0.2, 0.25) is 0 Å². The highest BCUT2D eigenvalue weighted by atomic mass is 32.1. The lowest BCUT2D eigenvalue weighted by Crippen LogP contribution is -2.33. The number of carboxylic acid groups (broad SMARTS) is 1. The van der Waals surface area contributed by atoms with Crippen molar-refractivity contribution in [3.63, 3.8) is 0 Å². The van der Waals surface area contributed by atoms with Crippen LogP contribution in [0.3, 0.4) is 0 Å². The van der Waals surface area contributed by atoms with Gasteiger partial charge in [-0.25, -0.2) is 4.98 Å². The number of rotatable bonds is 6. The van der Waals surface area contributed by atoms with Gasteiger partial charge in [-0.05, 0) is 25.3 Å². The smallest absolute Gasteiger partial charge is 0.309 e. The molecule has 0 aromatic carbocycles. The molecule has 0 spiro atoms. The summed E-state index contributed by atoms with van der Waals surface area (Å²) < 4.78 is 0. The lowest BCUT2D eigenvalue weighted by molar-refractivity contribution is -0.136. The van der Waals surface area contributed by atoms with Gasteiger partial charge in [-0.2, -0.15) is 0 Å². The molecule has 122 valence electrons. The summed E-state index contributed by atoms with van der Waals surface area (Å²) in [5.41, 5.74) is 0.571.